The molecule has 0 unspecified atom stereocenters. The van der Waals surface area contributed by atoms with Gasteiger partial charge in [0.25, 0.3) is 5.91 Å². The lowest BCUT2D eigenvalue weighted by atomic mass is 10.1. The van der Waals surface area contributed by atoms with E-state index in [2.05, 4.69) is 25.6 Å². The Morgan fingerprint density at radius 1 is 1.12 bits per heavy atom. The summed E-state index contributed by atoms with van der Waals surface area (Å²) in [7, 11) is 0. The van der Waals surface area contributed by atoms with Gasteiger partial charge >= 0.3 is 0 Å². The first kappa shape index (κ1) is 15.9. The molecule has 1 aromatic carbocycles. The Kier molecular flexibility index (Phi) is 4.97. The molecule has 0 fully saturated rings. The van der Waals surface area contributed by atoms with Gasteiger partial charge in [0.15, 0.2) is 10.9 Å². The Labute approximate surface area is 142 Å². The second-order valence-corrected chi connectivity index (χ2v) is 5.95. The van der Waals surface area contributed by atoms with Crippen molar-refractivity contribution in [3.05, 3.63) is 59.5 Å². The molecule has 0 radical (unpaired) electrons. The molecule has 0 aliphatic heterocycles. The van der Waals surface area contributed by atoms with Crippen LogP contribution in [-0.4, -0.2) is 32.5 Å². The molecule has 3 N–H and O–H groups in total. The van der Waals surface area contributed by atoms with Crippen molar-refractivity contribution in [1.29, 1.82) is 0 Å². The Morgan fingerprint density at radius 3 is 2.71 bits per heavy atom. The van der Waals surface area contributed by atoms with Gasteiger partial charge in [-0.25, -0.2) is 9.97 Å². The van der Waals surface area contributed by atoms with E-state index in [1.54, 1.807) is 30.7 Å². The lowest BCUT2D eigenvalue weighted by molar-refractivity contribution is 0.0958. The lowest BCUT2D eigenvalue weighted by Crippen LogP contribution is -2.24. The Balaban J connectivity index is 1.51. The zero-order valence-corrected chi connectivity index (χ0v) is 13.5. The number of hydrogen-bond acceptors (Lipinski definition) is 7. The number of phenolic OH excluding ortho intramolecular Hbond substituents is 1. The average Bonchev–Trinajstić information content (AvgIpc) is 3.06. The van der Waals surface area contributed by atoms with Gasteiger partial charge in [-0.2, -0.15) is 0 Å². The summed E-state index contributed by atoms with van der Waals surface area (Å²) < 4.78 is 0. The van der Waals surface area contributed by atoms with E-state index in [1.807, 2.05) is 12.1 Å². The van der Waals surface area contributed by atoms with Gasteiger partial charge < -0.3 is 15.7 Å². The number of thiazole rings is 1. The highest BCUT2D eigenvalue weighted by molar-refractivity contribution is 7.17. The van der Waals surface area contributed by atoms with Gasteiger partial charge in [0, 0.05) is 18.9 Å². The highest BCUT2D eigenvalue weighted by Crippen LogP contribution is 2.20. The minimum Gasteiger partial charge on any atom is -0.508 e. The highest BCUT2D eigenvalue weighted by atomic mass is 32.1. The van der Waals surface area contributed by atoms with Gasteiger partial charge in [0.1, 0.15) is 10.6 Å². The molecule has 0 saturated carbocycles. The molecule has 3 rings (SSSR count). The number of aromatic hydroxyl groups is 1. The van der Waals surface area contributed by atoms with Gasteiger partial charge in [-0.15, -0.1) is 0 Å². The van der Waals surface area contributed by atoms with Crippen molar-refractivity contribution in [2.45, 2.75) is 6.42 Å². The van der Waals surface area contributed by atoms with Crippen LogP contribution in [0.4, 0.5) is 10.9 Å². The summed E-state index contributed by atoms with van der Waals surface area (Å²) >= 11 is 1.25. The smallest absolute Gasteiger partial charge is 0.263 e. The van der Waals surface area contributed by atoms with Crippen LogP contribution in [0.5, 0.6) is 5.75 Å². The predicted octanol–water partition coefficient (Wildman–Crippen LogP) is 2.35. The van der Waals surface area contributed by atoms with Crippen molar-refractivity contribution in [3.63, 3.8) is 0 Å². The maximum atomic E-state index is 12.1. The number of anilines is 2. The molecule has 0 bridgehead atoms. The Hall–Kier alpha value is -3.00. The van der Waals surface area contributed by atoms with Crippen LogP contribution >= 0.6 is 11.3 Å². The largest absolute Gasteiger partial charge is 0.508 e. The van der Waals surface area contributed by atoms with Crippen LogP contribution in [0.15, 0.2) is 49.1 Å². The van der Waals surface area contributed by atoms with Crippen molar-refractivity contribution < 1.29 is 9.90 Å². The number of hydrogen-bond donors (Lipinski definition) is 3. The number of rotatable bonds is 6. The van der Waals surface area contributed by atoms with Gasteiger partial charge in [0.2, 0.25) is 0 Å². The lowest BCUT2D eigenvalue weighted by Gasteiger charge is -2.04. The average molecular weight is 341 g/mol. The Morgan fingerprint density at radius 2 is 1.96 bits per heavy atom. The van der Waals surface area contributed by atoms with E-state index in [4.69, 9.17) is 0 Å². The molecule has 7 nitrogen and oxygen atoms in total. The highest BCUT2D eigenvalue weighted by Gasteiger charge is 2.10. The molecular weight excluding hydrogens is 326 g/mol. The fourth-order valence-corrected chi connectivity index (χ4v) is 2.72. The molecule has 3 aromatic rings. The molecule has 0 aliphatic carbocycles. The number of phenols is 1. The van der Waals surface area contributed by atoms with Gasteiger partial charge in [-0.05, 0) is 24.1 Å². The van der Waals surface area contributed by atoms with E-state index in [-0.39, 0.29) is 11.7 Å². The van der Waals surface area contributed by atoms with Crippen LogP contribution in [0.25, 0.3) is 0 Å². The SMILES string of the molecule is O=C(NCCc1ccc(O)cc1)c1cnc(Nc2cnccn2)s1. The van der Waals surface area contributed by atoms with E-state index >= 15 is 0 Å². The maximum absolute atomic E-state index is 12.1. The van der Waals surface area contributed by atoms with Crippen LogP contribution in [0.2, 0.25) is 0 Å². The molecule has 0 spiro atoms. The number of amides is 1. The van der Waals surface area contributed by atoms with Gasteiger partial charge in [-0.1, -0.05) is 23.5 Å². The standard InChI is InChI=1S/C16H15N5O2S/c22-12-3-1-11(2-4-12)5-6-19-15(23)13-9-20-16(24-13)21-14-10-17-7-8-18-14/h1-4,7-10,22H,5-6H2,(H,19,23)(H,18,20,21). The molecule has 0 atom stereocenters. The predicted molar refractivity (Wildman–Crippen MR) is 91.6 cm³/mol. The molecule has 0 saturated heterocycles. The van der Waals surface area contributed by atoms with E-state index in [9.17, 15) is 9.90 Å². The van der Waals surface area contributed by atoms with Gasteiger partial charge in [0.05, 0.1) is 12.4 Å². The van der Waals surface area contributed by atoms with Crippen LogP contribution in [-0.2, 0) is 6.42 Å². The zero-order valence-electron chi connectivity index (χ0n) is 12.6. The number of nitrogens with zero attached hydrogens (tertiary/aromatic N) is 3. The summed E-state index contributed by atoms with van der Waals surface area (Å²) in [5.41, 5.74) is 1.04. The van der Waals surface area contributed by atoms with Crippen molar-refractivity contribution in [2.75, 3.05) is 11.9 Å². The fraction of sp³-hybridized carbons (Fsp3) is 0.125. The summed E-state index contributed by atoms with van der Waals surface area (Å²) in [6.07, 6.45) is 6.96. The molecule has 2 aromatic heterocycles. The molecule has 122 valence electrons. The molecule has 1 amide bonds. The van der Waals surface area contributed by atoms with E-state index < -0.39 is 0 Å². The maximum Gasteiger partial charge on any atom is 0.263 e. The normalized spacial score (nSPS) is 10.3. The summed E-state index contributed by atoms with van der Waals surface area (Å²) in [6, 6.07) is 6.92. The third-order valence-electron chi connectivity index (χ3n) is 3.16. The summed E-state index contributed by atoms with van der Waals surface area (Å²) in [4.78, 5) is 24.8. The quantitative estimate of drug-likeness (QED) is 0.636. The molecule has 8 heteroatoms. The third kappa shape index (κ3) is 4.26. The summed E-state index contributed by atoms with van der Waals surface area (Å²) in [5.74, 6) is 0.639. The van der Waals surface area contributed by atoms with Crippen LogP contribution < -0.4 is 10.6 Å². The van der Waals surface area contributed by atoms with Gasteiger partial charge in [-0.3, -0.25) is 9.78 Å². The summed E-state index contributed by atoms with van der Waals surface area (Å²) in [5, 5.41) is 15.7. The molecule has 24 heavy (non-hydrogen) atoms. The van der Waals surface area contributed by atoms with E-state index in [0.29, 0.717) is 28.8 Å². The van der Waals surface area contributed by atoms with Crippen molar-refractivity contribution in [2.24, 2.45) is 0 Å². The zero-order chi connectivity index (χ0) is 16.8. The number of aromatic nitrogens is 3. The molecule has 2 heterocycles. The third-order valence-corrected chi connectivity index (χ3v) is 4.07. The second-order valence-electron chi connectivity index (χ2n) is 4.92. The monoisotopic (exact) mass is 341 g/mol. The number of carbonyl (C=O) groups is 1. The number of nitrogens with one attached hydrogen (secondary N) is 2. The van der Waals surface area contributed by atoms with Crippen LogP contribution in [0.3, 0.4) is 0 Å². The van der Waals surface area contributed by atoms with Crippen molar-refractivity contribution in [3.8, 4) is 5.75 Å². The fourth-order valence-electron chi connectivity index (χ4n) is 1.98. The minimum absolute atomic E-state index is 0.168. The minimum atomic E-state index is -0.168. The van der Waals surface area contributed by atoms with E-state index in [0.717, 1.165) is 5.56 Å². The number of benzene rings is 1. The molecule has 0 aliphatic rings. The summed E-state index contributed by atoms with van der Waals surface area (Å²) in [6.45, 7) is 0.508. The Bertz CT molecular complexity index is 805. The van der Waals surface area contributed by atoms with E-state index in [1.165, 1.54) is 17.5 Å². The molecular formula is C16H15N5O2S. The second kappa shape index (κ2) is 7.51. The van der Waals surface area contributed by atoms with Crippen LogP contribution in [0, 0.1) is 0 Å². The topological polar surface area (TPSA) is 100 Å². The van der Waals surface area contributed by atoms with Crippen LogP contribution in [0.1, 0.15) is 15.2 Å². The first-order valence-corrected chi connectivity index (χ1v) is 8.07. The van der Waals surface area contributed by atoms with Crippen molar-refractivity contribution >= 4 is 28.2 Å². The first-order chi connectivity index (χ1) is 11.7. The first-order valence-electron chi connectivity index (χ1n) is 7.26. The number of carbonyl (C=O) groups excluding carboxylic acids is 1. The van der Waals surface area contributed by atoms with Crippen molar-refractivity contribution in [1.82, 2.24) is 20.3 Å².